The minimum Gasteiger partial charge on any atom is -0.465 e. The average molecular weight is 429 g/mol. The molecule has 2 aromatic rings. The van der Waals surface area contributed by atoms with Crippen LogP contribution in [-0.4, -0.2) is 33.2 Å². The molecule has 1 heterocycles. The maximum absolute atomic E-state index is 14.6. The Morgan fingerprint density at radius 2 is 2.07 bits per heavy atom. The van der Waals surface area contributed by atoms with Crippen molar-refractivity contribution in [1.82, 2.24) is 4.98 Å². The minimum absolute atomic E-state index is 0.0755. The molecule has 0 fully saturated rings. The Morgan fingerprint density at radius 1 is 1.37 bits per heavy atom. The van der Waals surface area contributed by atoms with Crippen LogP contribution >= 0.6 is 23.4 Å². The molecule has 1 aromatic heterocycles. The summed E-state index contributed by atoms with van der Waals surface area (Å²) in [5, 5.41) is 0.259. The van der Waals surface area contributed by atoms with E-state index in [2.05, 4.69) is 9.38 Å². The number of aromatic nitrogens is 1. The Labute approximate surface area is 169 Å². The van der Waals surface area contributed by atoms with Crippen LogP contribution in [0, 0.1) is 5.82 Å². The average Bonchev–Trinajstić information content (AvgIpc) is 2.63. The molecule has 0 aliphatic heterocycles. The van der Waals surface area contributed by atoms with Crippen molar-refractivity contribution in [2.24, 2.45) is 4.40 Å². The van der Waals surface area contributed by atoms with Gasteiger partial charge in [-0.05, 0) is 45.0 Å². The summed E-state index contributed by atoms with van der Waals surface area (Å²) in [5.74, 6) is -1.24. The lowest BCUT2D eigenvalue weighted by Crippen LogP contribution is -2.19. The molecule has 0 saturated carbocycles. The number of carbonyl (C=O) groups is 1. The highest BCUT2D eigenvalue weighted by Gasteiger charge is 2.20. The summed E-state index contributed by atoms with van der Waals surface area (Å²) in [6.07, 6.45) is 2.72. The number of rotatable bonds is 5. The first-order chi connectivity index (χ1) is 12.6. The SMILES string of the molecule is COC(=O)c1cccnc1Sc1ccc(Cl)c(F)c1/C=N/S(=O)C(C)(C)C. The van der Waals surface area contributed by atoms with Gasteiger partial charge in [0.1, 0.15) is 16.0 Å². The van der Waals surface area contributed by atoms with Gasteiger partial charge in [-0.15, -0.1) is 0 Å². The third-order valence-electron chi connectivity index (χ3n) is 3.28. The summed E-state index contributed by atoms with van der Waals surface area (Å²) in [5.41, 5.74) is 0.327. The van der Waals surface area contributed by atoms with E-state index in [1.165, 1.54) is 25.6 Å². The minimum atomic E-state index is -1.56. The molecule has 0 aliphatic rings. The largest absolute Gasteiger partial charge is 0.465 e. The fourth-order valence-corrected chi connectivity index (χ4v) is 3.51. The molecular weight excluding hydrogens is 411 g/mol. The van der Waals surface area contributed by atoms with Crippen molar-refractivity contribution in [2.75, 3.05) is 7.11 Å². The zero-order valence-electron chi connectivity index (χ0n) is 15.2. The molecule has 0 N–H and O–H groups in total. The lowest BCUT2D eigenvalue weighted by molar-refractivity contribution is 0.0596. The van der Waals surface area contributed by atoms with E-state index in [4.69, 9.17) is 16.3 Å². The van der Waals surface area contributed by atoms with E-state index >= 15 is 0 Å². The van der Waals surface area contributed by atoms with Gasteiger partial charge in [-0.25, -0.2) is 18.4 Å². The first kappa shape index (κ1) is 21.5. The van der Waals surface area contributed by atoms with Crippen LogP contribution in [0.2, 0.25) is 5.02 Å². The number of ether oxygens (including phenoxy) is 1. The fraction of sp³-hybridized carbons (Fsp3) is 0.278. The van der Waals surface area contributed by atoms with E-state index < -0.39 is 27.5 Å². The Bertz CT molecular complexity index is 914. The number of methoxy groups -OCH3 is 1. The van der Waals surface area contributed by atoms with E-state index in [0.29, 0.717) is 9.92 Å². The topological polar surface area (TPSA) is 68.6 Å². The van der Waals surface area contributed by atoms with E-state index in [1.54, 1.807) is 39.0 Å². The predicted molar refractivity (Wildman–Crippen MR) is 107 cm³/mol. The van der Waals surface area contributed by atoms with Gasteiger partial charge < -0.3 is 4.74 Å². The predicted octanol–water partition coefficient (Wildman–Crippen LogP) is 4.69. The van der Waals surface area contributed by atoms with E-state index in [0.717, 1.165) is 11.8 Å². The molecule has 0 amide bonds. The Hall–Kier alpha value is -1.77. The van der Waals surface area contributed by atoms with E-state index in [1.807, 2.05) is 0 Å². The van der Waals surface area contributed by atoms with Crippen LogP contribution in [0.25, 0.3) is 0 Å². The Morgan fingerprint density at radius 3 is 2.70 bits per heavy atom. The van der Waals surface area contributed by atoms with Crippen LogP contribution in [0.3, 0.4) is 0 Å². The highest BCUT2D eigenvalue weighted by Crippen LogP contribution is 2.34. The van der Waals surface area contributed by atoms with Crippen LogP contribution in [0.15, 0.2) is 44.8 Å². The molecule has 1 aromatic carbocycles. The first-order valence-electron chi connectivity index (χ1n) is 7.80. The van der Waals surface area contributed by atoms with Crippen LogP contribution < -0.4 is 0 Å². The summed E-state index contributed by atoms with van der Waals surface area (Å²) in [4.78, 5) is 16.5. The second kappa shape index (κ2) is 8.95. The van der Waals surface area contributed by atoms with Gasteiger partial charge in [0, 0.05) is 22.9 Å². The van der Waals surface area contributed by atoms with Crippen molar-refractivity contribution in [3.8, 4) is 0 Å². The van der Waals surface area contributed by atoms with Gasteiger partial charge in [0.25, 0.3) is 0 Å². The van der Waals surface area contributed by atoms with Gasteiger partial charge in [-0.2, -0.15) is 4.40 Å². The van der Waals surface area contributed by atoms with Crippen molar-refractivity contribution in [1.29, 1.82) is 0 Å². The molecule has 0 radical (unpaired) electrons. The molecule has 1 unspecified atom stereocenters. The van der Waals surface area contributed by atoms with Gasteiger partial charge in [-0.3, -0.25) is 0 Å². The van der Waals surface area contributed by atoms with E-state index in [9.17, 15) is 13.4 Å². The molecule has 1 atom stereocenters. The summed E-state index contributed by atoms with van der Waals surface area (Å²) in [6.45, 7) is 5.29. The quantitative estimate of drug-likeness (QED) is 0.510. The van der Waals surface area contributed by atoms with Crippen molar-refractivity contribution >= 4 is 46.5 Å². The molecule has 144 valence electrons. The number of hydrogen-bond donors (Lipinski definition) is 0. The van der Waals surface area contributed by atoms with E-state index in [-0.39, 0.29) is 16.1 Å². The van der Waals surface area contributed by atoms with Gasteiger partial charge in [0.05, 0.1) is 22.4 Å². The highest BCUT2D eigenvalue weighted by atomic mass is 35.5. The molecule has 9 heteroatoms. The second-order valence-corrected chi connectivity index (χ2v) is 9.69. The first-order valence-corrected chi connectivity index (χ1v) is 10.1. The summed E-state index contributed by atoms with van der Waals surface area (Å²) < 4.78 is 34.9. The second-order valence-electron chi connectivity index (χ2n) is 6.32. The van der Waals surface area contributed by atoms with Crippen molar-refractivity contribution < 1.29 is 18.1 Å². The zero-order chi connectivity index (χ0) is 20.2. The maximum atomic E-state index is 14.6. The maximum Gasteiger partial charge on any atom is 0.340 e. The molecular formula is C18H18ClFN2O3S2. The number of halogens is 2. The van der Waals surface area contributed by atoms with Crippen LogP contribution in [0.1, 0.15) is 36.7 Å². The molecule has 0 spiro atoms. The normalized spacial score (nSPS) is 13.0. The molecule has 2 rings (SSSR count). The number of pyridine rings is 1. The van der Waals surface area contributed by atoms with Crippen molar-refractivity contribution in [3.63, 3.8) is 0 Å². The number of nitrogens with zero attached hydrogens (tertiary/aromatic N) is 2. The molecule has 0 bridgehead atoms. The number of benzene rings is 1. The monoisotopic (exact) mass is 428 g/mol. The summed E-state index contributed by atoms with van der Waals surface area (Å²) >= 11 is 6.95. The summed E-state index contributed by atoms with van der Waals surface area (Å²) in [6, 6.07) is 6.16. The number of hydrogen-bond acceptors (Lipinski definition) is 5. The summed E-state index contributed by atoms with van der Waals surface area (Å²) in [7, 11) is -0.290. The van der Waals surface area contributed by atoms with Crippen LogP contribution in [0.5, 0.6) is 0 Å². The van der Waals surface area contributed by atoms with Gasteiger partial charge in [-0.1, -0.05) is 23.4 Å². The number of esters is 1. The molecule has 5 nitrogen and oxygen atoms in total. The third kappa shape index (κ3) is 5.37. The van der Waals surface area contributed by atoms with Crippen molar-refractivity contribution in [3.05, 3.63) is 52.4 Å². The standard InChI is InChI=1S/C18H18ClFN2O3S2/c1-18(2,3)27(24)22-10-12-14(8-7-13(19)15(12)20)26-16-11(17(23)25-4)6-5-9-21-16/h5-10H,1-4H3/b22-10+. The van der Waals surface area contributed by atoms with Gasteiger partial charge in [0.15, 0.2) is 5.82 Å². The lowest BCUT2D eigenvalue weighted by atomic mass is 10.2. The third-order valence-corrected chi connectivity index (χ3v) is 6.01. The zero-order valence-corrected chi connectivity index (χ0v) is 17.5. The molecule has 27 heavy (non-hydrogen) atoms. The Kier molecular flexibility index (Phi) is 7.13. The van der Waals surface area contributed by atoms with Crippen LogP contribution in [0.4, 0.5) is 4.39 Å². The smallest absolute Gasteiger partial charge is 0.340 e. The van der Waals surface area contributed by atoms with Crippen LogP contribution in [-0.2, 0) is 15.7 Å². The fourth-order valence-electron chi connectivity index (χ4n) is 1.86. The molecule has 0 aliphatic carbocycles. The lowest BCUT2D eigenvalue weighted by Gasteiger charge is -2.13. The van der Waals surface area contributed by atoms with Crippen molar-refractivity contribution in [2.45, 2.75) is 35.4 Å². The highest BCUT2D eigenvalue weighted by molar-refractivity contribution is 7.99. The Balaban J connectivity index is 2.48. The molecule has 0 saturated heterocycles. The number of carbonyl (C=O) groups excluding carboxylic acids is 1. The van der Waals surface area contributed by atoms with Gasteiger partial charge >= 0.3 is 5.97 Å². The van der Waals surface area contributed by atoms with Gasteiger partial charge in [0.2, 0.25) is 0 Å².